The summed E-state index contributed by atoms with van der Waals surface area (Å²) in [6, 6.07) is 0. The zero-order valence-electron chi connectivity index (χ0n) is 12.6. The van der Waals surface area contributed by atoms with Crippen LogP contribution in [0.2, 0.25) is 0 Å². The fraction of sp³-hybridized carbons (Fsp3) is 0.500. The predicted molar refractivity (Wildman–Crippen MR) is 84.6 cm³/mol. The van der Waals surface area contributed by atoms with E-state index in [9.17, 15) is 0 Å². The Balaban J connectivity index is 0.00000132. The molecule has 4 rings (SSSR count). The van der Waals surface area contributed by atoms with Gasteiger partial charge in [-0.15, -0.1) is 24.0 Å². The summed E-state index contributed by atoms with van der Waals surface area (Å²) >= 11 is 0. The molecule has 0 heterocycles. The molecule has 108 valence electrons. The van der Waals surface area contributed by atoms with E-state index < -0.39 is 0 Å². The Labute approximate surface area is 144 Å². The quantitative estimate of drug-likeness (QED) is 0.512. The third kappa shape index (κ3) is 3.37. The zero-order chi connectivity index (χ0) is 13.4. The van der Waals surface area contributed by atoms with E-state index in [1.807, 2.05) is 0 Å². The summed E-state index contributed by atoms with van der Waals surface area (Å²) in [7, 11) is 0. The maximum absolute atomic E-state index is 2.62. The second-order valence-corrected chi connectivity index (χ2v) is 6.98. The van der Waals surface area contributed by atoms with Crippen LogP contribution in [0.15, 0.2) is 48.6 Å². The SMILES string of the molecule is C1=CC2[CH-]C(CCC3[CH-]C4C=CC=CC4C3)CC2C=C1.[Ti+2]. The molecule has 6 atom stereocenters. The molecule has 6 unspecified atom stereocenters. The zero-order valence-corrected chi connectivity index (χ0v) is 14.1. The van der Waals surface area contributed by atoms with Crippen molar-refractivity contribution in [3.63, 3.8) is 0 Å². The average Bonchev–Trinajstić information content (AvgIpc) is 3.07. The van der Waals surface area contributed by atoms with Crippen LogP contribution < -0.4 is 0 Å². The van der Waals surface area contributed by atoms with Gasteiger partial charge in [-0.3, -0.25) is 0 Å². The van der Waals surface area contributed by atoms with Crippen molar-refractivity contribution in [2.24, 2.45) is 35.5 Å². The van der Waals surface area contributed by atoms with Gasteiger partial charge in [-0.1, -0.05) is 62.1 Å². The first kappa shape index (κ1) is 15.6. The van der Waals surface area contributed by atoms with Gasteiger partial charge >= 0.3 is 21.7 Å². The summed E-state index contributed by atoms with van der Waals surface area (Å²) in [6.45, 7) is 0. The summed E-state index contributed by atoms with van der Waals surface area (Å²) < 4.78 is 0. The molecule has 0 spiro atoms. The normalized spacial score (nSPS) is 42.7. The third-order valence-corrected chi connectivity index (χ3v) is 5.64. The molecule has 2 fully saturated rings. The Kier molecular flexibility index (Phi) is 5.07. The maximum atomic E-state index is 2.62. The van der Waals surface area contributed by atoms with Crippen molar-refractivity contribution in [2.75, 3.05) is 0 Å². The van der Waals surface area contributed by atoms with Crippen LogP contribution in [-0.2, 0) is 21.7 Å². The number of fused-ring (bicyclic) bond motifs is 2. The monoisotopic (exact) mass is 312 g/mol. The van der Waals surface area contributed by atoms with E-state index in [4.69, 9.17) is 0 Å². The topological polar surface area (TPSA) is 0 Å². The van der Waals surface area contributed by atoms with E-state index in [1.54, 1.807) is 0 Å². The van der Waals surface area contributed by atoms with E-state index in [0.717, 1.165) is 35.5 Å². The fourth-order valence-corrected chi connectivity index (χ4v) is 4.57. The first-order valence-corrected chi connectivity index (χ1v) is 8.28. The van der Waals surface area contributed by atoms with E-state index in [1.165, 1.54) is 25.7 Å². The Bertz CT molecular complexity index is 386. The molecular formula is C20H24Ti. The minimum absolute atomic E-state index is 0. The summed E-state index contributed by atoms with van der Waals surface area (Å²) in [4.78, 5) is 0. The summed E-state index contributed by atoms with van der Waals surface area (Å²) in [5, 5.41) is 0. The average molecular weight is 312 g/mol. The summed E-state index contributed by atoms with van der Waals surface area (Å²) in [6.07, 6.45) is 29.3. The van der Waals surface area contributed by atoms with Crippen LogP contribution in [0.5, 0.6) is 0 Å². The van der Waals surface area contributed by atoms with Gasteiger partial charge in [-0.05, 0) is 11.8 Å². The molecule has 1 heteroatoms. The minimum atomic E-state index is 0. The van der Waals surface area contributed by atoms with Crippen molar-refractivity contribution in [3.8, 4) is 0 Å². The van der Waals surface area contributed by atoms with Crippen LogP contribution in [0.1, 0.15) is 25.7 Å². The minimum Gasteiger partial charge on any atom is -0.318 e. The summed E-state index contributed by atoms with van der Waals surface area (Å²) in [5.41, 5.74) is 0. The van der Waals surface area contributed by atoms with Gasteiger partial charge < -0.3 is 12.8 Å². The second-order valence-electron chi connectivity index (χ2n) is 6.98. The standard InChI is InChI=1S/C20H24.Ti/c1-2-6-18-12-15(11-17(18)5-1)9-10-16-13-19-7-3-4-8-20(19)14-16;/h1-8,11,13,15-20H,9-10,12,14H2;/q-2;+2. The van der Waals surface area contributed by atoms with E-state index in [0.29, 0.717) is 0 Å². The van der Waals surface area contributed by atoms with Gasteiger partial charge in [-0.25, -0.2) is 0 Å². The van der Waals surface area contributed by atoms with Crippen LogP contribution in [0.3, 0.4) is 0 Å². The smallest absolute Gasteiger partial charge is 0.318 e. The molecule has 0 saturated heterocycles. The van der Waals surface area contributed by atoms with Gasteiger partial charge in [0.05, 0.1) is 0 Å². The van der Waals surface area contributed by atoms with E-state index in [2.05, 4.69) is 61.4 Å². The van der Waals surface area contributed by atoms with Gasteiger partial charge in [0.25, 0.3) is 0 Å². The Morgan fingerprint density at radius 2 is 1.10 bits per heavy atom. The predicted octanol–water partition coefficient (Wildman–Crippen LogP) is 4.93. The Hall–Kier alpha value is -0.326. The number of hydrogen-bond acceptors (Lipinski definition) is 0. The van der Waals surface area contributed by atoms with Crippen molar-refractivity contribution >= 4 is 0 Å². The Morgan fingerprint density at radius 3 is 1.52 bits per heavy atom. The molecule has 0 aromatic rings. The molecule has 0 aliphatic heterocycles. The van der Waals surface area contributed by atoms with Gasteiger partial charge in [0.15, 0.2) is 0 Å². The first-order valence-electron chi connectivity index (χ1n) is 8.28. The van der Waals surface area contributed by atoms with Crippen molar-refractivity contribution in [1.82, 2.24) is 0 Å². The molecule has 0 aromatic heterocycles. The maximum Gasteiger partial charge on any atom is 2.00 e. The number of allylic oxidation sites excluding steroid dienone is 8. The van der Waals surface area contributed by atoms with Crippen LogP contribution in [0.4, 0.5) is 0 Å². The molecule has 0 nitrogen and oxygen atoms in total. The van der Waals surface area contributed by atoms with Gasteiger partial charge in [-0.2, -0.15) is 11.8 Å². The second kappa shape index (κ2) is 6.84. The number of hydrogen-bond donors (Lipinski definition) is 0. The molecule has 21 heavy (non-hydrogen) atoms. The van der Waals surface area contributed by atoms with Crippen LogP contribution in [-0.4, -0.2) is 0 Å². The van der Waals surface area contributed by atoms with Crippen molar-refractivity contribution in [3.05, 3.63) is 61.4 Å². The molecule has 0 N–H and O–H groups in total. The van der Waals surface area contributed by atoms with Gasteiger partial charge in [0, 0.05) is 0 Å². The third-order valence-electron chi connectivity index (χ3n) is 5.64. The Morgan fingerprint density at radius 1 is 0.667 bits per heavy atom. The molecule has 2 saturated carbocycles. The van der Waals surface area contributed by atoms with Crippen LogP contribution >= 0.6 is 0 Å². The van der Waals surface area contributed by atoms with E-state index >= 15 is 0 Å². The summed E-state index contributed by atoms with van der Waals surface area (Å²) in [5.74, 6) is 4.74. The molecule has 4 aliphatic rings. The van der Waals surface area contributed by atoms with E-state index in [-0.39, 0.29) is 21.7 Å². The molecule has 0 amide bonds. The van der Waals surface area contributed by atoms with Crippen molar-refractivity contribution < 1.29 is 21.7 Å². The fourth-order valence-electron chi connectivity index (χ4n) is 4.57. The molecule has 0 aromatic carbocycles. The molecular weight excluding hydrogens is 288 g/mol. The van der Waals surface area contributed by atoms with Crippen molar-refractivity contribution in [2.45, 2.75) is 25.7 Å². The van der Waals surface area contributed by atoms with Crippen LogP contribution in [0.25, 0.3) is 0 Å². The molecule has 0 bridgehead atoms. The molecule has 0 radical (unpaired) electrons. The number of rotatable bonds is 3. The van der Waals surface area contributed by atoms with Crippen molar-refractivity contribution in [1.29, 1.82) is 0 Å². The van der Waals surface area contributed by atoms with Gasteiger partial charge in [0.2, 0.25) is 0 Å². The largest absolute Gasteiger partial charge is 2.00 e. The van der Waals surface area contributed by atoms with Gasteiger partial charge in [0.1, 0.15) is 0 Å². The van der Waals surface area contributed by atoms with Crippen LogP contribution in [0, 0.1) is 48.3 Å². The molecule has 4 aliphatic carbocycles. The first-order chi connectivity index (χ1) is 9.88.